The van der Waals surface area contributed by atoms with Crippen molar-refractivity contribution in [3.63, 3.8) is 0 Å². The Morgan fingerprint density at radius 2 is 1.64 bits per heavy atom. The van der Waals surface area contributed by atoms with Crippen LogP contribution in [0, 0.1) is 30.9 Å². The Balaban J connectivity index is 1.72. The standard InChI is InChI=1S/C20H25N3O4S/c1-15-10-16(2)12-18(11-15)14-21-6-8-22(9-7-21)28(26,27)20-13-19(23(24)25)5-4-17(20)3/h4-5,10-13H,6-9,14H2,1-3H3/p+1. The lowest BCUT2D eigenvalue weighted by molar-refractivity contribution is -0.917. The smallest absolute Gasteiger partial charge is 0.270 e. The number of sulfonamides is 1. The van der Waals surface area contributed by atoms with E-state index >= 15 is 0 Å². The van der Waals surface area contributed by atoms with Gasteiger partial charge in [-0.15, -0.1) is 0 Å². The molecule has 0 unspecified atom stereocenters. The molecule has 1 fully saturated rings. The van der Waals surface area contributed by atoms with Crippen molar-refractivity contribution in [3.8, 4) is 0 Å². The number of non-ortho nitro benzene ring substituents is 1. The van der Waals surface area contributed by atoms with Crippen LogP contribution in [-0.4, -0.2) is 43.8 Å². The molecule has 0 atom stereocenters. The molecular weight excluding hydrogens is 378 g/mol. The van der Waals surface area contributed by atoms with E-state index in [-0.39, 0.29) is 10.6 Å². The summed E-state index contributed by atoms with van der Waals surface area (Å²) in [5, 5.41) is 11.0. The molecule has 8 heteroatoms. The van der Waals surface area contributed by atoms with E-state index in [0.717, 1.165) is 6.54 Å². The van der Waals surface area contributed by atoms with Gasteiger partial charge in [0.1, 0.15) is 6.54 Å². The zero-order chi connectivity index (χ0) is 20.5. The number of rotatable bonds is 5. The molecule has 0 spiro atoms. The number of piperazine rings is 1. The van der Waals surface area contributed by atoms with Crippen molar-refractivity contribution in [2.75, 3.05) is 26.2 Å². The van der Waals surface area contributed by atoms with E-state index in [2.05, 4.69) is 32.0 Å². The van der Waals surface area contributed by atoms with Gasteiger partial charge in [0.25, 0.3) is 5.69 Å². The molecule has 28 heavy (non-hydrogen) atoms. The second-order valence-corrected chi connectivity index (χ2v) is 9.44. The minimum absolute atomic E-state index is 0.0273. The van der Waals surface area contributed by atoms with Gasteiger partial charge in [-0.3, -0.25) is 10.1 Å². The number of nitrogens with one attached hydrogen (secondary N) is 1. The third-order valence-corrected chi connectivity index (χ3v) is 7.21. The fourth-order valence-electron chi connectivity index (χ4n) is 3.80. The van der Waals surface area contributed by atoms with Gasteiger partial charge in [-0.05, 0) is 26.3 Å². The van der Waals surface area contributed by atoms with Crippen LogP contribution in [0.3, 0.4) is 0 Å². The van der Waals surface area contributed by atoms with Crippen LogP contribution in [0.25, 0.3) is 0 Å². The third-order valence-electron chi connectivity index (χ3n) is 5.17. The van der Waals surface area contributed by atoms with Crippen molar-refractivity contribution in [3.05, 3.63) is 68.8 Å². The number of aryl methyl sites for hydroxylation is 3. The molecule has 3 rings (SSSR count). The second kappa shape index (κ2) is 7.98. The number of quaternary nitrogens is 1. The first-order valence-electron chi connectivity index (χ1n) is 9.33. The van der Waals surface area contributed by atoms with E-state index in [9.17, 15) is 18.5 Å². The molecular formula is C20H26N3O4S+. The SMILES string of the molecule is Cc1cc(C)cc(C[NH+]2CCN(S(=O)(=O)c3cc([N+](=O)[O-])ccc3C)CC2)c1. The quantitative estimate of drug-likeness (QED) is 0.606. The van der Waals surface area contributed by atoms with E-state index in [0.29, 0.717) is 31.7 Å². The van der Waals surface area contributed by atoms with Crippen LogP contribution >= 0.6 is 0 Å². The Morgan fingerprint density at radius 3 is 2.21 bits per heavy atom. The molecule has 0 saturated carbocycles. The highest BCUT2D eigenvalue weighted by Crippen LogP contribution is 2.24. The molecule has 1 aliphatic heterocycles. The molecule has 2 aromatic carbocycles. The highest BCUT2D eigenvalue weighted by molar-refractivity contribution is 7.89. The minimum Gasteiger partial charge on any atom is -0.329 e. The molecule has 1 aliphatic rings. The second-order valence-electron chi connectivity index (χ2n) is 7.53. The normalized spacial score (nSPS) is 16.2. The molecule has 2 aromatic rings. The van der Waals surface area contributed by atoms with Gasteiger partial charge >= 0.3 is 0 Å². The average molecular weight is 405 g/mol. The van der Waals surface area contributed by atoms with Crippen LogP contribution in [-0.2, 0) is 16.6 Å². The maximum absolute atomic E-state index is 13.0. The monoisotopic (exact) mass is 404 g/mol. The summed E-state index contributed by atoms with van der Waals surface area (Å²) in [6, 6.07) is 10.5. The van der Waals surface area contributed by atoms with Crippen LogP contribution in [0.15, 0.2) is 41.3 Å². The fraction of sp³-hybridized carbons (Fsp3) is 0.400. The van der Waals surface area contributed by atoms with E-state index in [4.69, 9.17) is 0 Å². The largest absolute Gasteiger partial charge is 0.329 e. The van der Waals surface area contributed by atoms with E-state index in [1.54, 1.807) is 6.92 Å². The van der Waals surface area contributed by atoms with Crippen molar-refractivity contribution >= 4 is 15.7 Å². The molecule has 0 aliphatic carbocycles. The molecule has 0 aromatic heterocycles. The van der Waals surface area contributed by atoms with Gasteiger partial charge in [0.05, 0.1) is 36.0 Å². The van der Waals surface area contributed by atoms with Gasteiger partial charge in [-0.1, -0.05) is 35.4 Å². The summed E-state index contributed by atoms with van der Waals surface area (Å²) in [5.41, 5.74) is 4.05. The third kappa shape index (κ3) is 4.40. The number of nitrogens with zero attached hydrogens (tertiary/aromatic N) is 2. The summed E-state index contributed by atoms with van der Waals surface area (Å²) in [6.07, 6.45) is 0. The Bertz CT molecular complexity index is 976. The zero-order valence-corrected chi connectivity index (χ0v) is 17.3. The molecule has 7 nitrogen and oxygen atoms in total. The van der Waals surface area contributed by atoms with E-state index in [1.807, 2.05) is 0 Å². The van der Waals surface area contributed by atoms with E-state index < -0.39 is 14.9 Å². The van der Waals surface area contributed by atoms with Gasteiger partial charge in [0.15, 0.2) is 0 Å². The zero-order valence-electron chi connectivity index (χ0n) is 16.4. The highest BCUT2D eigenvalue weighted by Gasteiger charge is 2.32. The van der Waals surface area contributed by atoms with Crippen molar-refractivity contribution in [1.82, 2.24) is 4.31 Å². The summed E-state index contributed by atoms with van der Waals surface area (Å²) < 4.78 is 27.5. The molecule has 1 heterocycles. The summed E-state index contributed by atoms with van der Waals surface area (Å²) in [6.45, 7) is 8.93. The summed E-state index contributed by atoms with van der Waals surface area (Å²) in [7, 11) is -3.74. The molecule has 1 N–H and O–H groups in total. The summed E-state index contributed by atoms with van der Waals surface area (Å²) in [5.74, 6) is 0. The van der Waals surface area contributed by atoms with Gasteiger partial charge in [-0.25, -0.2) is 8.42 Å². The molecule has 0 amide bonds. The Hall–Kier alpha value is -2.29. The minimum atomic E-state index is -3.74. The predicted octanol–water partition coefficient (Wildman–Crippen LogP) is 1.61. The van der Waals surface area contributed by atoms with Crippen molar-refractivity contribution in [2.45, 2.75) is 32.2 Å². The van der Waals surface area contributed by atoms with Gasteiger partial charge in [0, 0.05) is 17.7 Å². The van der Waals surface area contributed by atoms with Crippen LogP contribution < -0.4 is 4.90 Å². The number of hydrogen-bond donors (Lipinski definition) is 1. The average Bonchev–Trinajstić information content (AvgIpc) is 2.61. The van der Waals surface area contributed by atoms with Crippen molar-refractivity contribution in [2.24, 2.45) is 0 Å². The van der Waals surface area contributed by atoms with Gasteiger partial charge in [-0.2, -0.15) is 4.31 Å². The van der Waals surface area contributed by atoms with Crippen LogP contribution in [0.5, 0.6) is 0 Å². The molecule has 150 valence electrons. The van der Waals surface area contributed by atoms with Gasteiger partial charge < -0.3 is 4.90 Å². The molecule has 0 bridgehead atoms. The lowest BCUT2D eigenvalue weighted by atomic mass is 10.1. The Labute approximate surface area is 165 Å². The van der Waals surface area contributed by atoms with Crippen molar-refractivity contribution < 1.29 is 18.2 Å². The lowest BCUT2D eigenvalue weighted by Crippen LogP contribution is -3.13. The maximum atomic E-state index is 13.0. The van der Waals surface area contributed by atoms with Crippen LogP contribution in [0.2, 0.25) is 0 Å². The number of benzene rings is 2. The topological polar surface area (TPSA) is 85.0 Å². The number of hydrogen-bond acceptors (Lipinski definition) is 4. The first-order chi connectivity index (χ1) is 13.2. The lowest BCUT2D eigenvalue weighted by Gasteiger charge is -2.32. The van der Waals surface area contributed by atoms with Crippen LogP contribution in [0.1, 0.15) is 22.3 Å². The Morgan fingerprint density at radius 1 is 1.04 bits per heavy atom. The van der Waals surface area contributed by atoms with Crippen molar-refractivity contribution in [1.29, 1.82) is 0 Å². The molecule has 1 saturated heterocycles. The van der Waals surface area contributed by atoms with Gasteiger partial charge in [0.2, 0.25) is 10.0 Å². The Kier molecular flexibility index (Phi) is 5.83. The highest BCUT2D eigenvalue weighted by atomic mass is 32.2. The first-order valence-corrected chi connectivity index (χ1v) is 10.8. The summed E-state index contributed by atoms with van der Waals surface area (Å²) in [4.78, 5) is 11.8. The predicted molar refractivity (Wildman–Crippen MR) is 107 cm³/mol. The fourth-order valence-corrected chi connectivity index (χ4v) is 5.48. The summed E-state index contributed by atoms with van der Waals surface area (Å²) >= 11 is 0. The first kappa shape index (κ1) is 20.4. The maximum Gasteiger partial charge on any atom is 0.270 e. The van der Waals surface area contributed by atoms with E-state index in [1.165, 1.54) is 44.1 Å². The molecule has 0 radical (unpaired) electrons. The number of nitro benzene ring substituents is 1. The van der Waals surface area contributed by atoms with Crippen LogP contribution in [0.4, 0.5) is 5.69 Å². The number of nitro groups is 1.